The Hall–Kier alpha value is -2.47. The Morgan fingerprint density at radius 1 is 1.15 bits per heavy atom. The number of nitrogens with zero attached hydrogens (tertiary/aromatic N) is 2. The summed E-state index contributed by atoms with van der Waals surface area (Å²) in [5.41, 5.74) is 1.40. The van der Waals surface area contributed by atoms with Crippen LogP contribution in [0, 0.1) is 0 Å². The molecule has 0 saturated carbocycles. The molecule has 5 nitrogen and oxygen atoms in total. The van der Waals surface area contributed by atoms with Gasteiger partial charge in [0.05, 0.1) is 19.9 Å². The van der Waals surface area contributed by atoms with Crippen LogP contribution in [0.2, 0.25) is 0 Å². The quantitative estimate of drug-likeness (QED) is 0.785. The molecule has 0 bridgehead atoms. The molecule has 1 aliphatic heterocycles. The lowest BCUT2D eigenvalue weighted by Crippen LogP contribution is -2.39. The first-order valence-electron chi connectivity index (χ1n) is 8.49. The second kappa shape index (κ2) is 8.27. The standard InChI is InChI=1S/C20H22N2O3S/c1-4-16-13-26-20(21-15-8-10-17(24-2)11-9-15)22(16)19(23)14-6-5-7-18(12-14)25-3/h5-12,16H,4,13H2,1-3H3/t16-/m0/s1. The van der Waals surface area contributed by atoms with Crippen molar-refractivity contribution in [2.75, 3.05) is 20.0 Å². The molecule has 0 radical (unpaired) electrons. The van der Waals surface area contributed by atoms with Gasteiger partial charge in [0.25, 0.3) is 5.91 Å². The summed E-state index contributed by atoms with van der Waals surface area (Å²) in [7, 11) is 3.23. The number of amidine groups is 1. The van der Waals surface area contributed by atoms with E-state index in [0.717, 1.165) is 28.8 Å². The van der Waals surface area contributed by atoms with Gasteiger partial charge in [0.15, 0.2) is 5.17 Å². The average molecular weight is 370 g/mol. The van der Waals surface area contributed by atoms with Gasteiger partial charge < -0.3 is 9.47 Å². The third kappa shape index (κ3) is 3.85. The van der Waals surface area contributed by atoms with Crippen molar-refractivity contribution in [2.45, 2.75) is 19.4 Å². The molecule has 136 valence electrons. The molecule has 6 heteroatoms. The van der Waals surface area contributed by atoms with E-state index in [-0.39, 0.29) is 11.9 Å². The molecular formula is C20H22N2O3S. The number of carbonyl (C=O) groups excluding carboxylic acids is 1. The van der Waals surface area contributed by atoms with E-state index < -0.39 is 0 Å². The molecule has 1 atom stereocenters. The van der Waals surface area contributed by atoms with Crippen LogP contribution in [0.15, 0.2) is 53.5 Å². The maximum atomic E-state index is 13.1. The Bertz CT molecular complexity index is 805. The number of amides is 1. The highest BCUT2D eigenvalue weighted by molar-refractivity contribution is 8.14. The second-order valence-corrected chi connectivity index (χ2v) is 6.86. The molecule has 2 aromatic rings. The third-order valence-corrected chi connectivity index (χ3v) is 5.38. The van der Waals surface area contributed by atoms with Crippen molar-refractivity contribution in [2.24, 2.45) is 4.99 Å². The maximum absolute atomic E-state index is 13.1. The first-order valence-corrected chi connectivity index (χ1v) is 9.48. The molecule has 0 aromatic heterocycles. The second-order valence-electron chi connectivity index (χ2n) is 5.87. The molecule has 0 unspecified atom stereocenters. The molecule has 26 heavy (non-hydrogen) atoms. The van der Waals surface area contributed by atoms with Crippen molar-refractivity contribution >= 4 is 28.5 Å². The topological polar surface area (TPSA) is 51.1 Å². The summed E-state index contributed by atoms with van der Waals surface area (Å²) in [6.45, 7) is 2.09. The summed E-state index contributed by atoms with van der Waals surface area (Å²) < 4.78 is 10.4. The highest BCUT2D eigenvalue weighted by Crippen LogP contribution is 2.31. The van der Waals surface area contributed by atoms with Crippen LogP contribution in [-0.4, -0.2) is 42.0 Å². The van der Waals surface area contributed by atoms with E-state index in [0.29, 0.717) is 11.3 Å². The summed E-state index contributed by atoms with van der Waals surface area (Å²) in [5.74, 6) is 2.25. The summed E-state index contributed by atoms with van der Waals surface area (Å²) in [5, 5.41) is 0.731. The monoisotopic (exact) mass is 370 g/mol. The number of aliphatic imine (C=N–C) groups is 1. The van der Waals surface area contributed by atoms with Gasteiger partial charge in [-0.15, -0.1) is 0 Å². The summed E-state index contributed by atoms with van der Waals surface area (Å²) in [6, 6.07) is 14.9. The fourth-order valence-corrected chi connectivity index (χ4v) is 4.04. The predicted octanol–water partition coefficient (Wildman–Crippen LogP) is 4.36. The van der Waals surface area contributed by atoms with Crippen molar-refractivity contribution in [3.8, 4) is 11.5 Å². The fraction of sp³-hybridized carbons (Fsp3) is 0.300. The number of hydrogen-bond donors (Lipinski definition) is 0. The van der Waals surface area contributed by atoms with Crippen LogP contribution in [0.25, 0.3) is 0 Å². The minimum absolute atomic E-state index is 0.0481. The number of ether oxygens (including phenoxy) is 2. The fourth-order valence-electron chi connectivity index (χ4n) is 2.77. The summed E-state index contributed by atoms with van der Waals surface area (Å²) >= 11 is 1.61. The number of rotatable bonds is 5. The van der Waals surface area contributed by atoms with Crippen LogP contribution in [-0.2, 0) is 0 Å². The van der Waals surface area contributed by atoms with Gasteiger partial charge in [0.2, 0.25) is 0 Å². The molecule has 1 saturated heterocycles. The van der Waals surface area contributed by atoms with Gasteiger partial charge in [-0.05, 0) is 48.9 Å². The number of hydrogen-bond acceptors (Lipinski definition) is 5. The Balaban J connectivity index is 1.91. The number of carbonyl (C=O) groups is 1. The highest BCUT2D eigenvalue weighted by atomic mass is 32.2. The lowest BCUT2D eigenvalue weighted by atomic mass is 10.1. The van der Waals surface area contributed by atoms with E-state index in [4.69, 9.17) is 14.5 Å². The lowest BCUT2D eigenvalue weighted by molar-refractivity contribution is 0.0819. The zero-order valence-corrected chi connectivity index (χ0v) is 16.0. The SMILES string of the molecule is CC[C@H]1CSC(=Nc2ccc(OC)cc2)N1C(=O)c1cccc(OC)c1. The molecule has 0 N–H and O–H groups in total. The van der Waals surface area contributed by atoms with E-state index >= 15 is 0 Å². The number of benzene rings is 2. The van der Waals surface area contributed by atoms with Crippen molar-refractivity contribution in [3.05, 3.63) is 54.1 Å². The van der Waals surface area contributed by atoms with Gasteiger partial charge >= 0.3 is 0 Å². The summed E-state index contributed by atoms with van der Waals surface area (Å²) in [6.07, 6.45) is 0.879. The largest absolute Gasteiger partial charge is 0.497 e. The predicted molar refractivity (Wildman–Crippen MR) is 106 cm³/mol. The highest BCUT2D eigenvalue weighted by Gasteiger charge is 2.34. The maximum Gasteiger partial charge on any atom is 0.260 e. The van der Waals surface area contributed by atoms with Crippen LogP contribution in [0.3, 0.4) is 0 Å². The third-order valence-electron chi connectivity index (χ3n) is 4.28. The molecule has 1 aliphatic rings. The van der Waals surface area contributed by atoms with Gasteiger partial charge in [-0.1, -0.05) is 24.8 Å². The van der Waals surface area contributed by atoms with E-state index in [1.165, 1.54) is 0 Å². The van der Waals surface area contributed by atoms with E-state index in [1.54, 1.807) is 32.0 Å². The molecule has 2 aromatic carbocycles. The van der Waals surface area contributed by atoms with Gasteiger partial charge in [-0.2, -0.15) is 0 Å². The minimum Gasteiger partial charge on any atom is -0.497 e. The normalized spacial score (nSPS) is 18.2. The zero-order chi connectivity index (χ0) is 18.5. The van der Waals surface area contributed by atoms with Crippen LogP contribution < -0.4 is 9.47 Å². The van der Waals surface area contributed by atoms with Crippen LogP contribution in [0.5, 0.6) is 11.5 Å². The zero-order valence-electron chi connectivity index (χ0n) is 15.1. The Morgan fingerprint density at radius 3 is 2.54 bits per heavy atom. The van der Waals surface area contributed by atoms with Crippen molar-refractivity contribution < 1.29 is 14.3 Å². The van der Waals surface area contributed by atoms with Crippen LogP contribution in [0.4, 0.5) is 5.69 Å². The molecular weight excluding hydrogens is 348 g/mol. The average Bonchev–Trinajstić information content (AvgIpc) is 3.10. The van der Waals surface area contributed by atoms with Gasteiger partial charge in [0.1, 0.15) is 11.5 Å². The van der Waals surface area contributed by atoms with Gasteiger partial charge in [0, 0.05) is 17.4 Å². The molecule has 1 heterocycles. The molecule has 1 amide bonds. The van der Waals surface area contributed by atoms with Crippen molar-refractivity contribution in [3.63, 3.8) is 0 Å². The smallest absolute Gasteiger partial charge is 0.260 e. The Morgan fingerprint density at radius 2 is 1.88 bits per heavy atom. The van der Waals surface area contributed by atoms with E-state index in [9.17, 15) is 4.79 Å². The van der Waals surface area contributed by atoms with Gasteiger partial charge in [-0.25, -0.2) is 4.99 Å². The molecule has 3 rings (SSSR count). The molecule has 1 fully saturated rings. The lowest BCUT2D eigenvalue weighted by Gasteiger charge is -2.23. The number of methoxy groups -OCH3 is 2. The van der Waals surface area contributed by atoms with E-state index in [2.05, 4.69) is 6.92 Å². The Kier molecular flexibility index (Phi) is 5.83. The first kappa shape index (κ1) is 18.3. The first-order chi connectivity index (χ1) is 12.7. The van der Waals surface area contributed by atoms with Crippen molar-refractivity contribution in [1.29, 1.82) is 0 Å². The van der Waals surface area contributed by atoms with Gasteiger partial charge in [-0.3, -0.25) is 9.69 Å². The molecule has 0 spiro atoms. The number of thioether (sulfide) groups is 1. The Labute approximate surface area is 158 Å². The molecule has 0 aliphatic carbocycles. The van der Waals surface area contributed by atoms with Crippen molar-refractivity contribution in [1.82, 2.24) is 4.90 Å². The van der Waals surface area contributed by atoms with Crippen LogP contribution in [0.1, 0.15) is 23.7 Å². The summed E-state index contributed by atoms with van der Waals surface area (Å²) in [4.78, 5) is 19.7. The van der Waals surface area contributed by atoms with E-state index in [1.807, 2.05) is 47.4 Å². The van der Waals surface area contributed by atoms with Crippen LogP contribution >= 0.6 is 11.8 Å². The minimum atomic E-state index is -0.0481.